The largest absolute Gasteiger partial charge is 0.350 e. The minimum atomic E-state index is -4.51. The second kappa shape index (κ2) is 15.2. The maximum atomic E-state index is 13.7. The number of hydrogen-bond acceptors (Lipinski definition) is 16. The van der Waals surface area contributed by atoms with Gasteiger partial charge in [-0.3, -0.25) is 40.5 Å². The van der Waals surface area contributed by atoms with Crippen molar-refractivity contribution in [1.29, 1.82) is 0 Å². The monoisotopic (exact) mass is 858 g/mol. The Labute approximate surface area is 335 Å². The molecule has 16 heterocycles. The average molecular weight is 859 g/mol. The van der Waals surface area contributed by atoms with Crippen molar-refractivity contribution in [3.8, 4) is 0 Å². The summed E-state index contributed by atoms with van der Waals surface area (Å²) in [6.45, 7) is 0. The zero-order valence-electron chi connectivity index (χ0n) is 28.9. The molecular formula is C36H22N6O12S4. The Morgan fingerprint density at radius 3 is 1.00 bits per heavy atom. The zero-order chi connectivity index (χ0) is 41.5. The van der Waals surface area contributed by atoms with E-state index in [-0.39, 0.29) is 32.5 Å². The van der Waals surface area contributed by atoms with Gasteiger partial charge >= 0.3 is 0 Å². The highest BCUT2D eigenvalue weighted by atomic mass is 32.2. The molecule has 0 unspecified atom stereocenters. The van der Waals surface area contributed by atoms with Crippen molar-refractivity contribution in [3.05, 3.63) is 162 Å². The van der Waals surface area contributed by atoms with Gasteiger partial charge in [-0.15, -0.1) is 0 Å². The first-order chi connectivity index (χ1) is 27.5. The predicted molar refractivity (Wildman–Crippen MR) is 211 cm³/mol. The first-order valence-electron chi connectivity index (χ1n) is 16.2. The van der Waals surface area contributed by atoms with Crippen LogP contribution in [0.2, 0.25) is 0 Å². The summed E-state index contributed by atoms with van der Waals surface area (Å²) in [5.74, 6) is 0. The van der Waals surface area contributed by atoms with Gasteiger partial charge < -0.3 is 10.6 Å². The van der Waals surface area contributed by atoms with Gasteiger partial charge in [-0.25, -0.2) is 16.8 Å². The second-order valence-corrected chi connectivity index (χ2v) is 18.3. The molecule has 22 heteroatoms. The van der Waals surface area contributed by atoms with Gasteiger partial charge in [-0.1, -0.05) is 23.5 Å². The van der Waals surface area contributed by atoms with Gasteiger partial charge in [0.2, 0.25) is 19.7 Å². The number of rotatable bonds is 4. The second-order valence-electron chi connectivity index (χ2n) is 12.2. The topological polar surface area (TPSA) is 265 Å². The van der Waals surface area contributed by atoms with Crippen molar-refractivity contribution in [3.63, 3.8) is 0 Å². The van der Waals surface area contributed by atoms with Crippen LogP contribution in [-0.4, -0.2) is 36.5 Å². The molecule has 0 radical (unpaired) electrons. The number of nitro benzene ring substituents is 4. The van der Waals surface area contributed by atoms with Crippen LogP contribution >= 0.6 is 23.5 Å². The molecule has 0 saturated carbocycles. The number of benzene rings is 6. The quantitative estimate of drug-likeness (QED) is 0.123. The number of anilines is 4. The third-order valence-corrected chi connectivity index (χ3v) is 14.2. The number of nitrogens with zero attached hydrogens (tertiary/aromatic N) is 4. The van der Waals surface area contributed by atoms with Gasteiger partial charge in [-0.2, -0.15) is 0 Å². The molecule has 0 atom stereocenters. The molecule has 0 amide bonds. The molecule has 16 aliphatic rings. The van der Waals surface area contributed by atoms with Crippen molar-refractivity contribution >= 4 is 88.7 Å². The Bertz CT molecular complexity index is 2560. The molecule has 16 aliphatic heterocycles. The van der Waals surface area contributed by atoms with Crippen molar-refractivity contribution in [2.24, 2.45) is 0 Å². The van der Waals surface area contributed by atoms with Gasteiger partial charge in [0.1, 0.15) is 11.4 Å². The fraction of sp³-hybridized carbons (Fsp3) is 0. The summed E-state index contributed by atoms with van der Waals surface area (Å²) in [6.07, 6.45) is 0. The molecule has 6 aromatic rings. The van der Waals surface area contributed by atoms with Crippen LogP contribution < -0.4 is 10.6 Å². The third kappa shape index (κ3) is 7.75. The smallest absolute Gasteiger partial charge is 0.293 e. The zero-order valence-corrected chi connectivity index (χ0v) is 32.1. The van der Waals surface area contributed by atoms with Gasteiger partial charge in [0.25, 0.3) is 22.7 Å². The average Bonchev–Trinajstić information content (AvgIpc) is 3.19. The Hall–Kier alpha value is -6.88. The van der Waals surface area contributed by atoms with E-state index in [9.17, 15) is 57.3 Å². The standard InChI is InChI=1S/C36H22N6O12S4/c43-39(44)31-17-25-9-13-29(31)37-21-1-2-22(4-3-21)38-30-14-10-26(18-32(30)40(45)46)58(53,54)28-12-16-36(34(20-28)42(49)50)56-24-7-5-23(6-8-24)55-35-15-11-27(57(25,51)52)19-33(35)41(47)48/h1-20,37-38H. The van der Waals surface area contributed by atoms with E-state index in [0.29, 0.717) is 9.79 Å². The summed E-state index contributed by atoms with van der Waals surface area (Å²) in [5.41, 5.74) is -1.97. The third-order valence-electron chi connectivity index (χ3n) is 8.55. The fourth-order valence-electron chi connectivity index (χ4n) is 5.71. The molecule has 0 saturated heterocycles. The van der Waals surface area contributed by atoms with E-state index in [1.165, 1.54) is 48.5 Å². The molecule has 2 N–H and O–H groups in total. The Morgan fingerprint density at radius 2 is 0.690 bits per heavy atom. The number of nitrogens with one attached hydrogen (secondary N) is 2. The lowest BCUT2D eigenvalue weighted by atomic mass is 10.2. The minimum absolute atomic E-state index is 0.0724. The van der Waals surface area contributed by atoms with E-state index in [2.05, 4.69) is 10.6 Å². The van der Waals surface area contributed by atoms with Crippen molar-refractivity contribution < 1.29 is 36.5 Å². The maximum Gasteiger partial charge on any atom is 0.293 e. The molecule has 18 nitrogen and oxygen atoms in total. The van der Waals surface area contributed by atoms with Crippen molar-refractivity contribution in [1.82, 2.24) is 0 Å². The van der Waals surface area contributed by atoms with Crippen LogP contribution in [0, 0.1) is 40.5 Å². The van der Waals surface area contributed by atoms with Gasteiger partial charge in [0.05, 0.1) is 49.1 Å². The molecule has 0 aliphatic carbocycles. The molecule has 0 spiro atoms. The Balaban J connectivity index is 1.35. The van der Waals surface area contributed by atoms with Crippen LogP contribution in [0.15, 0.2) is 160 Å². The van der Waals surface area contributed by atoms with Crippen LogP contribution in [0.1, 0.15) is 0 Å². The van der Waals surface area contributed by atoms with Crippen LogP contribution in [0.25, 0.3) is 0 Å². The van der Waals surface area contributed by atoms with Gasteiger partial charge in [0.15, 0.2) is 0 Å². The molecule has 22 rings (SSSR count). The fourth-order valence-corrected chi connectivity index (χ4v) is 10.1. The van der Waals surface area contributed by atoms with E-state index in [1.54, 1.807) is 24.3 Å². The summed E-state index contributed by atoms with van der Waals surface area (Å²) in [4.78, 5) is 44.5. The molecular weight excluding hydrogens is 837 g/mol. The van der Waals surface area contributed by atoms with Gasteiger partial charge in [0, 0.05) is 45.4 Å². The number of nitro groups is 4. The Morgan fingerprint density at radius 1 is 0.397 bits per heavy atom. The highest BCUT2D eigenvalue weighted by molar-refractivity contribution is 8.00. The van der Waals surface area contributed by atoms with Crippen molar-refractivity contribution in [2.75, 3.05) is 10.6 Å². The molecule has 12 bridgehead atoms. The summed E-state index contributed by atoms with van der Waals surface area (Å²) in [7, 11) is -9.02. The molecule has 292 valence electrons. The molecule has 58 heavy (non-hydrogen) atoms. The lowest BCUT2D eigenvalue weighted by molar-refractivity contribution is -0.388. The van der Waals surface area contributed by atoms with Crippen LogP contribution in [0.5, 0.6) is 0 Å². The van der Waals surface area contributed by atoms with E-state index in [1.807, 2.05) is 0 Å². The number of sulfone groups is 2. The lowest BCUT2D eigenvalue weighted by Gasteiger charge is -2.12. The highest BCUT2D eigenvalue weighted by Crippen LogP contribution is 2.42. The molecule has 0 fully saturated rings. The highest BCUT2D eigenvalue weighted by Gasteiger charge is 2.29. The van der Waals surface area contributed by atoms with Crippen LogP contribution in [0.3, 0.4) is 0 Å². The van der Waals surface area contributed by atoms with E-state index < -0.39 is 81.7 Å². The van der Waals surface area contributed by atoms with E-state index >= 15 is 0 Å². The minimum Gasteiger partial charge on any atom is -0.350 e. The normalized spacial score (nSPS) is 14.1. The maximum absolute atomic E-state index is 13.7. The molecule has 0 aromatic heterocycles. The summed E-state index contributed by atoms with van der Waals surface area (Å²) in [6, 6.07) is 24.8. The van der Waals surface area contributed by atoms with Crippen LogP contribution in [-0.2, 0) is 19.7 Å². The molecule has 6 aromatic carbocycles. The van der Waals surface area contributed by atoms with Gasteiger partial charge in [-0.05, 0) is 97.1 Å². The number of hydrogen-bond donors (Lipinski definition) is 2. The van der Waals surface area contributed by atoms with Crippen molar-refractivity contribution in [2.45, 2.75) is 39.2 Å². The summed E-state index contributed by atoms with van der Waals surface area (Å²) >= 11 is 1.87. The SMILES string of the molecule is O=[N+]([O-])c1cc2ccc1Nc1ccc(cc1)Nc1ccc(cc1[N+](=O)[O-])S(=O)(=O)c1ccc(c([N+](=O)[O-])c1)Sc1ccc(cc1)Sc1ccc(cc1[N+](=O)[O-])S2(=O)=O. The van der Waals surface area contributed by atoms with E-state index in [4.69, 9.17) is 0 Å². The first kappa shape index (κ1) is 39.4. The Kier molecular flexibility index (Phi) is 10.3. The lowest BCUT2D eigenvalue weighted by Crippen LogP contribution is -2.06. The van der Waals surface area contributed by atoms with Crippen LogP contribution in [0.4, 0.5) is 45.5 Å². The van der Waals surface area contributed by atoms with E-state index in [0.717, 1.165) is 72.1 Å². The first-order valence-corrected chi connectivity index (χ1v) is 20.8. The predicted octanol–water partition coefficient (Wildman–Crippen LogP) is 9.09. The summed E-state index contributed by atoms with van der Waals surface area (Å²) in [5, 5.41) is 54.2. The summed E-state index contributed by atoms with van der Waals surface area (Å²) < 4.78 is 54.8.